The first-order valence-electron chi connectivity index (χ1n) is 8.78. The van der Waals surface area contributed by atoms with E-state index in [0.717, 1.165) is 24.6 Å². The number of hydrogen-bond acceptors (Lipinski definition) is 4. The highest BCUT2D eigenvalue weighted by Crippen LogP contribution is 2.15. The largest absolute Gasteiger partial charge is 0.497 e. The summed E-state index contributed by atoms with van der Waals surface area (Å²) in [5.74, 6) is 2.17. The van der Waals surface area contributed by atoms with E-state index in [2.05, 4.69) is 30.9 Å². The van der Waals surface area contributed by atoms with E-state index in [0.29, 0.717) is 19.1 Å². The lowest BCUT2D eigenvalue weighted by Gasteiger charge is -2.27. The normalized spacial score (nSPS) is 12.4. The highest BCUT2D eigenvalue weighted by molar-refractivity contribution is 5.27. The molecule has 0 aliphatic heterocycles. The molecular weight excluding hydrogens is 314 g/mol. The predicted octanol–water partition coefficient (Wildman–Crippen LogP) is 3.59. The molecule has 0 spiro atoms. The number of benzene rings is 2. The van der Waals surface area contributed by atoms with Crippen LogP contribution in [0.15, 0.2) is 54.6 Å². The van der Waals surface area contributed by atoms with Gasteiger partial charge in [0, 0.05) is 19.6 Å². The zero-order chi connectivity index (χ0) is 18.1. The average Bonchev–Trinajstić information content (AvgIpc) is 2.61. The van der Waals surface area contributed by atoms with E-state index in [4.69, 9.17) is 9.47 Å². The second-order valence-corrected chi connectivity index (χ2v) is 6.71. The quantitative estimate of drug-likeness (QED) is 0.716. The second-order valence-electron chi connectivity index (χ2n) is 6.71. The van der Waals surface area contributed by atoms with Gasteiger partial charge in [-0.25, -0.2) is 0 Å². The third-order valence-corrected chi connectivity index (χ3v) is 3.84. The first kappa shape index (κ1) is 19.3. The molecule has 0 aliphatic carbocycles. The summed E-state index contributed by atoms with van der Waals surface area (Å²) in [7, 11) is 1.67. The molecule has 25 heavy (non-hydrogen) atoms. The molecule has 0 amide bonds. The Hall–Kier alpha value is -2.04. The van der Waals surface area contributed by atoms with Gasteiger partial charge >= 0.3 is 0 Å². The Bertz CT molecular complexity index is 598. The van der Waals surface area contributed by atoms with Crippen molar-refractivity contribution in [3.05, 3.63) is 60.2 Å². The van der Waals surface area contributed by atoms with Gasteiger partial charge in [-0.1, -0.05) is 44.2 Å². The van der Waals surface area contributed by atoms with Crippen molar-refractivity contribution in [3.8, 4) is 11.5 Å². The number of aliphatic hydroxyl groups is 1. The summed E-state index contributed by atoms with van der Waals surface area (Å²) in [6.07, 6.45) is -0.530. The molecule has 1 atom stereocenters. The van der Waals surface area contributed by atoms with Crippen LogP contribution in [0.3, 0.4) is 0 Å². The van der Waals surface area contributed by atoms with Crippen LogP contribution >= 0.6 is 0 Å². The van der Waals surface area contributed by atoms with E-state index in [1.54, 1.807) is 7.11 Å². The highest BCUT2D eigenvalue weighted by Gasteiger charge is 2.14. The van der Waals surface area contributed by atoms with Crippen molar-refractivity contribution in [1.82, 2.24) is 4.90 Å². The van der Waals surface area contributed by atoms with Gasteiger partial charge in [0.1, 0.15) is 24.2 Å². The molecular formula is C21H29NO3. The molecule has 136 valence electrons. The molecule has 1 N–H and O–H groups in total. The zero-order valence-electron chi connectivity index (χ0n) is 15.4. The maximum absolute atomic E-state index is 10.4. The van der Waals surface area contributed by atoms with E-state index >= 15 is 0 Å². The fourth-order valence-corrected chi connectivity index (χ4v) is 2.77. The first-order valence-corrected chi connectivity index (χ1v) is 8.78. The zero-order valence-corrected chi connectivity index (χ0v) is 15.4. The van der Waals surface area contributed by atoms with E-state index in [-0.39, 0.29) is 0 Å². The number of para-hydroxylation sites is 1. The maximum Gasteiger partial charge on any atom is 0.119 e. The van der Waals surface area contributed by atoms with Crippen LogP contribution in [0, 0.1) is 5.92 Å². The van der Waals surface area contributed by atoms with Crippen LogP contribution in [0.4, 0.5) is 0 Å². The molecule has 2 aromatic rings. The van der Waals surface area contributed by atoms with Crippen LogP contribution in [0.25, 0.3) is 0 Å². The summed E-state index contributed by atoms with van der Waals surface area (Å²) in [5.41, 5.74) is 1.21. The monoisotopic (exact) mass is 343 g/mol. The molecule has 4 nitrogen and oxygen atoms in total. The number of hydrogen-bond donors (Lipinski definition) is 1. The highest BCUT2D eigenvalue weighted by atomic mass is 16.5. The Morgan fingerprint density at radius 1 is 0.920 bits per heavy atom. The number of aliphatic hydroxyl groups excluding tert-OH is 1. The van der Waals surface area contributed by atoms with Crippen molar-refractivity contribution in [2.45, 2.75) is 26.5 Å². The lowest BCUT2D eigenvalue weighted by Crippen LogP contribution is -2.37. The fraction of sp³-hybridized carbons (Fsp3) is 0.429. The average molecular weight is 343 g/mol. The van der Waals surface area contributed by atoms with Crippen molar-refractivity contribution >= 4 is 0 Å². The van der Waals surface area contributed by atoms with Crippen LogP contribution in [-0.2, 0) is 6.54 Å². The smallest absolute Gasteiger partial charge is 0.119 e. The molecule has 0 aliphatic rings. The van der Waals surface area contributed by atoms with E-state index in [1.165, 1.54) is 5.56 Å². The Labute approximate surface area is 151 Å². The number of nitrogens with zero attached hydrogens (tertiary/aromatic N) is 1. The summed E-state index contributed by atoms with van der Waals surface area (Å²) in [4.78, 5) is 2.27. The standard InChI is InChI=1S/C21H29NO3/c1-17(2)13-22(14-18-9-11-20(24-3)12-10-18)15-19(23)16-25-21-7-5-4-6-8-21/h4-12,17,19,23H,13-16H2,1-3H3/t19-/m1/s1. The minimum Gasteiger partial charge on any atom is -0.497 e. The van der Waals surface area contributed by atoms with E-state index in [1.807, 2.05) is 42.5 Å². The SMILES string of the molecule is COc1ccc(CN(CC(C)C)C[C@@H](O)COc2ccccc2)cc1. The van der Waals surface area contributed by atoms with Crippen molar-refractivity contribution in [3.63, 3.8) is 0 Å². The number of rotatable bonds is 10. The van der Waals surface area contributed by atoms with Gasteiger partial charge in [-0.05, 0) is 35.7 Å². The van der Waals surface area contributed by atoms with Crippen LogP contribution in [0.5, 0.6) is 11.5 Å². The van der Waals surface area contributed by atoms with Gasteiger partial charge in [0.25, 0.3) is 0 Å². The molecule has 4 heteroatoms. The van der Waals surface area contributed by atoms with Crippen molar-refractivity contribution in [2.24, 2.45) is 5.92 Å². The molecule has 0 heterocycles. The van der Waals surface area contributed by atoms with Crippen molar-refractivity contribution in [1.29, 1.82) is 0 Å². The fourth-order valence-electron chi connectivity index (χ4n) is 2.77. The van der Waals surface area contributed by atoms with Crippen LogP contribution in [0.1, 0.15) is 19.4 Å². The van der Waals surface area contributed by atoms with Gasteiger partial charge in [0.2, 0.25) is 0 Å². The third kappa shape index (κ3) is 7.16. The van der Waals surface area contributed by atoms with Crippen LogP contribution in [0.2, 0.25) is 0 Å². The van der Waals surface area contributed by atoms with Crippen molar-refractivity contribution in [2.75, 3.05) is 26.8 Å². The maximum atomic E-state index is 10.4. The molecule has 0 aromatic heterocycles. The topological polar surface area (TPSA) is 41.9 Å². The summed E-state index contributed by atoms with van der Waals surface area (Å²) >= 11 is 0. The van der Waals surface area contributed by atoms with Crippen LogP contribution < -0.4 is 9.47 Å². The molecule has 2 rings (SSSR count). The van der Waals surface area contributed by atoms with Gasteiger partial charge in [0.15, 0.2) is 0 Å². The summed E-state index contributed by atoms with van der Waals surface area (Å²) in [5, 5.41) is 10.4. The van der Waals surface area contributed by atoms with Gasteiger partial charge in [-0.15, -0.1) is 0 Å². The minimum absolute atomic E-state index is 0.293. The Morgan fingerprint density at radius 3 is 2.20 bits per heavy atom. The summed E-state index contributed by atoms with van der Waals surface area (Å²) < 4.78 is 10.9. The van der Waals surface area contributed by atoms with Gasteiger partial charge in [0.05, 0.1) is 7.11 Å². The Kier molecular flexibility index (Phi) is 7.76. The van der Waals surface area contributed by atoms with E-state index < -0.39 is 6.10 Å². The molecule has 0 unspecified atom stereocenters. The van der Waals surface area contributed by atoms with Crippen LogP contribution in [-0.4, -0.2) is 42.9 Å². The third-order valence-electron chi connectivity index (χ3n) is 3.84. The molecule has 0 saturated carbocycles. The van der Waals surface area contributed by atoms with Gasteiger partial charge < -0.3 is 14.6 Å². The van der Waals surface area contributed by atoms with E-state index in [9.17, 15) is 5.11 Å². The molecule has 0 radical (unpaired) electrons. The second kappa shape index (κ2) is 10.1. The summed E-state index contributed by atoms with van der Waals surface area (Å²) in [6, 6.07) is 17.7. The molecule has 0 fully saturated rings. The predicted molar refractivity (Wildman–Crippen MR) is 101 cm³/mol. The van der Waals surface area contributed by atoms with Crippen molar-refractivity contribution < 1.29 is 14.6 Å². The Balaban J connectivity index is 1.89. The minimum atomic E-state index is -0.530. The van der Waals surface area contributed by atoms with Gasteiger partial charge in [-0.3, -0.25) is 4.90 Å². The Morgan fingerprint density at radius 2 is 1.60 bits per heavy atom. The first-order chi connectivity index (χ1) is 12.1. The lowest BCUT2D eigenvalue weighted by molar-refractivity contribution is 0.0615. The number of methoxy groups -OCH3 is 1. The molecule has 0 saturated heterocycles. The number of ether oxygens (including phenoxy) is 2. The molecule has 0 bridgehead atoms. The lowest BCUT2D eigenvalue weighted by atomic mass is 10.1. The molecule has 2 aromatic carbocycles. The summed E-state index contributed by atoms with van der Waals surface area (Å²) in [6.45, 7) is 6.97. The van der Waals surface area contributed by atoms with Gasteiger partial charge in [-0.2, -0.15) is 0 Å².